The SMILES string of the molecule is CC(C)CC(=O)CC(C)C.Cc1ccccc1C. The molecule has 1 aromatic rings. The van der Waals surface area contributed by atoms with Crippen LogP contribution in [0.15, 0.2) is 24.3 Å². The summed E-state index contributed by atoms with van der Waals surface area (Å²) in [5, 5.41) is 0. The predicted molar refractivity (Wildman–Crippen MR) is 79.8 cm³/mol. The minimum atomic E-state index is 0.407. The van der Waals surface area contributed by atoms with Gasteiger partial charge in [0.1, 0.15) is 5.78 Å². The average molecular weight is 248 g/mol. The van der Waals surface area contributed by atoms with Gasteiger partial charge in [-0.15, -0.1) is 0 Å². The molecule has 1 nitrogen and oxygen atoms in total. The van der Waals surface area contributed by atoms with Gasteiger partial charge in [0.25, 0.3) is 0 Å². The first-order valence-electron chi connectivity index (χ1n) is 6.86. The Morgan fingerprint density at radius 1 is 0.889 bits per heavy atom. The van der Waals surface area contributed by atoms with Crippen LogP contribution >= 0.6 is 0 Å². The average Bonchev–Trinajstić information content (AvgIpc) is 2.21. The lowest BCUT2D eigenvalue weighted by molar-refractivity contribution is -0.120. The fraction of sp³-hybridized carbons (Fsp3) is 0.588. The number of Topliss-reactive ketones (excluding diaryl/α,β-unsaturated/α-hetero) is 1. The molecule has 0 spiro atoms. The van der Waals surface area contributed by atoms with E-state index in [0.717, 1.165) is 12.8 Å². The highest BCUT2D eigenvalue weighted by molar-refractivity contribution is 5.78. The molecule has 0 aliphatic heterocycles. The summed E-state index contributed by atoms with van der Waals surface area (Å²) < 4.78 is 0. The summed E-state index contributed by atoms with van der Waals surface area (Å²) in [7, 11) is 0. The molecule has 0 saturated carbocycles. The zero-order valence-corrected chi connectivity index (χ0v) is 12.8. The highest BCUT2D eigenvalue weighted by atomic mass is 16.1. The van der Waals surface area contributed by atoms with Crippen molar-refractivity contribution in [1.29, 1.82) is 0 Å². The van der Waals surface area contributed by atoms with E-state index in [9.17, 15) is 4.79 Å². The maximum Gasteiger partial charge on any atom is 0.133 e. The lowest BCUT2D eigenvalue weighted by atomic mass is 10.00. The highest BCUT2D eigenvalue weighted by Gasteiger charge is 2.06. The standard InChI is InChI=1S/C9H18O.C8H10/c1-7(2)5-9(10)6-8(3)4;1-7-5-3-4-6-8(7)2/h7-8H,5-6H2,1-4H3;3-6H,1-2H3. The number of carbonyl (C=O) groups excluding carboxylic acids is 1. The minimum Gasteiger partial charge on any atom is -0.300 e. The number of aryl methyl sites for hydroxylation is 2. The van der Waals surface area contributed by atoms with Crippen molar-refractivity contribution in [2.75, 3.05) is 0 Å². The van der Waals surface area contributed by atoms with Crippen LogP contribution in [0, 0.1) is 25.7 Å². The monoisotopic (exact) mass is 248 g/mol. The number of rotatable bonds is 4. The molecule has 0 unspecified atom stereocenters. The third kappa shape index (κ3) is 8.98. The van der Waals surface area contributed by atoms with Gasteiger partial charge < -0.3 is 0 Å². The Labute approximate surface area is 113 Å². The molecule has 1 rings (SSSR count). The van der Waals surface area contributed by atoms with Gasteiger partial charge in [-0.25, -0.2) is 0 Å². The van der Waals surface area contributed by atoms with Gasteiger partial charge in [-0.2, -0.15) is 0 Å². The summed E-state index contributed by atoms with van der Waals surface area (Å²) in [5.41, 5.74) is 2.74. The van der Waals surface area contributed by atoms with E-state index in [4.69, 9.17) is 0 Å². The Kier molecular flexibility index (Phi) is 8.36. The first kappa shape index (κ1) is 16.9. The number of carbonyl (C=O) groups is 1. The lowest BCUT2D eigenvalue weighted by Crippen LogP contribution is -2.05. The Hall–Kier alpha value is -1.11. The molecule has 102 valence electrons. The quantitative estimate of drug-likeness (QED) is 0.736. The van der Waals surface area contributed by atoms with Crippen molar-refractivity contribution in [1.82, 2.24) is 0 Å². The van der Waals surface area contributed by atoms with Crippen molar-refractivity contribution in [2.45, 2.75) is 54.4 Å². The summed E-state index contributed by atoms with van der Waals surface area (Å²) >= 11 is 0. The first-order valence-corrected chi connectivity index (χ1v) is 6.86. The Morgan fingerprint density at radius 3 is 1.44 bits per heavy atom. The van der Waals surface area contributed by atoms with Crippen LogP contribution in [0.3, 0.4) is 0 Å². The van der Waals surface area contributed by atoms with E-state index in [2.05, 4.69) is 65.8 Å². The van der Waals surface area contributed by atoms with Crippen molar-refractivity contribution >= 4 is 5.78 Å². The lowest BCUT2D eigenvalue weighted by Gasteiger charge is -2.05. The van der Waals surface area contributed by atoms with Gasteiger partial charge >= 0.3 is 0 Å². The van der Waals surface area contributed by atoms with Crippen molar-refractivity contribution in [3.8, 4) is 0 Å². The molecule has 18 heavy (non-hydrogen) atoms. The molecule has 0 atom stereocenters. The van der Waals surface area contributed by atoms with Gasteiger partial charge in [-0.3, -0.25) is 4.79 Å². The van der Waals surface area contributed by atoms with E-state index < -0.39 is 0 Å². The van der Waals surface area contributed by atoms with Gasteiger partial charge in [0, 0.05) is 12.8 Å². The van der Waals surface area contributed by atoms with E-state index in [1.54, 1.807) is 0 Å². The smallest absolute Gasteiger partial charge is 0.133 e. The molecular formula is C17H28O. The number of ketones is 1. The van der Waals surface area contributed by atoms with Crippen LogP contribution in [-0.2, 0) is 4.79 Å². The Morgan fingerprint density at radius 2 is 1.22 bits per heavy atom. The second kappa shape index (κ2) is 8.91. The van der Waals surface area contributed by atoms with Gasteiger partial charge in [-0.05, 0) is 36.8 Å². The normalized spacial score (nSPS) is 10.2. The molecule has 0 heterocycles. The van der Waals surface area contributed by atoms with Crippen LogP contribution in [0.4, 0.5) is 0 Å². The predicted octanol–water partition coefficient (Wildman–Crippen LogP) is 4.95. The van der Waals surface area contributed by atoms with Crippen LogP contribution < -0.4 is 0 Å². The van der Waals surface area contributed by atoms with Gasteiger partial charge in [0.2, 0.25) is 0 Å². The van der Waals surface area contributed by atoms with Crippen LogP contribution in [0.1, 0.15) is 51.7 Å². The topological polar surface area (TPSA) is 17.1 Å². The molecule has 0 radical (unpaired) electrons. The van der Waals surface area contributed by atoms with Gasteiger partial charge in [-0.1, -0.05) is 52.0 Å². The van der Waals surface area contributed by atoms with Crippen LogP contribution in [0.5, 0.6) is 0 Å². The molecule has 1 heteroatoms. The zero-order valence-electron chi connectivity index (χ0n) is 12.8. The largest absolute Gasteiger partial charge is 0.300 e. The third-order valence-electron chi connectivity index (χ3n) is 2.70. The van der Waals surface area contributed by atoms with Gasteiger partial charge in [0.15, 0.2) is 0 Å². The molecule has 0 N–H and O–H groups in total. The Balaban J connectivity index is 0.000000327. The number of benzene rings is 1. The maximum absolute atomic E-state index is 11.1. The number of hydrogen-bond acceptors (Lipinski definition) is 1. The molecule has 0 bridgehead atoms. The summed E-state index contributed by atoms with van der Waals surface area (Å²) in [6, 6.07) is 8.36. The minimum absolute atomic E-state index is 0.407. The second-order valence-corrected chi connectivity index (χ2v) is 5.82. The maximum atomic E-state index is 11.1. The van der Waals surface area contributed by atoms with Crippen LogP contribution in [0.25, 0.3) is 0 Å². The highest BCUT2D eigenvalue weighted by Crippen LogP contribution is 2.07. The fourth-order valence-electron chi connectivity index (χ4n) is 1.66. The summed E-state index contributed by atoms with van der Waals surface area (Å²) in [6.45, 7) is 12.6. The van der Waals surface area contributed by atoms with E-state index in [1.807, 2.05) is 0 Å². The molecular weight excluding hydrogens is 220 g/mol. The molecule has 0 aliphatic carbocycles. The fourth-order valence-corrected chi connectivity index (χ4v) is 1.66. The van der Waals surface area contributed by atoms with Crippen molar-refractivity contribution in [3.63, 3.8) is 0 Å². The molecule has 0 fully saturated rings. The summed E-state index contributed by atoms with van der Waals surface area (Å²) in [4.78, 5) is 11.1. The zero-order chi connectivity index (χ0) is 14.1. The van der Waals surface area contributed by atoms with Crippen molar-refractivity contribution in [2.24, 2.45) is 11.8 Å². The van der Waals surface area contributed by atoms with E-state index in [1.165, 1.54) is 11.1 Å². The molecule has 0 saturated heterocycles. The Bertz CT molecular complexity index is 317. The number of hydrogen-bond donors (Lipinski definition) is 0. The summed E-state index contributed by atoms with van der Waals surface area (Å²) in [6.07, 6.45) is 1.50. The van der Waals surface area contributed by atoms with Crippen LogP contribution in [-0.4, -0.2) is 5.78 Å². The second-order valence-electron chi connectivity index (χ2n) is 5.82. The van der Waals surface area contributed by atoms with Crippen LogP contribution in [0.2, 0.25) is 0 Å². The summed E-state index contributed by atoms with van der Waals surface area (Å²) in [5.74, 6) is 1.45. The molecule has 0 aliphatic rings. The third-order valence-corrected chi connectivity index (χ3v) is 2.70. The first-order chi connectivity index (χ1) is 8.32. The van der Waals surface area contributed by atoms with Crippen molar-refractivity contribution in [3.05, 3.63) is 35.4 Å². The van der Waals surface area contributed by atoms with E-state index in [-0.39, 0.29) is 0 Å². The van der Waals surface area contributed by atoms with Gasteiger partial charge in [0.05, 0.1) is 0 Å². The van der Waals surface area contributed by atoms with E-state index >= 15 is 0 Å². The molecule has 1 aromatic carbocycles. The van der Waals surface area contributed by atoms with Crippen molar-refractivity contribution < 1.29 is 4.79 Å². The molecule has 0 amide bonds. The molecule has 0 aromatic heterocycles. The van der Waals surface area contributed by atoms with E-state index in [0.29, 0.717) is 17.6 Å².